The summed E-state index contributed by atoms with van der Waals surface area (Å²) >= 11 is 0. The maximum Gasteiger partial charge on any atom is 0.410 e. The maximum atomic E-state index is 12.1. The van der Waals surface area contributed by atoms with E-state index in [4.69, 9.17) is 4.74 Å². The number of hydrogen-bond acceptors (Lipinski definition) is 2. The molecule has 1 aliphatic heterocycles. The average Bonchev–Trinajstić information content (AvgIpc) is 3.31. The fourth-order valence-electron chi connectivity index (χ4n) is 2.69. The molecule has 0 bridgehead atoms. The van der Waals surface area contributed by atoms with Gasteiger partial charge in [0.15, 0.2) is 0 Å². The predicted octanol–water partition coefficient (Wildman–Crippen LogP) is 4.49. The summed E-state index contributed by atoms with van der Waals surface area (Å²) in [6, 6.07) is 6.38. The number of ether oxygens (including phenoxy) is 1. The maximum absolute atomic E-state index is 12.1. The van der Waals surface area contributed by atoms with Crippen LogP contribution >= 0.6 is 0 Å². The molecule has 3 nitrogen and oxygen atoms in total. The largest absolute Gasteiger partial charge is 0.444 e. The Labute approximate surface area is 138 Å². The number of carbonyl (C=O) groups excluding carboxylic acids is 1. The number of nitrogens with zero attached hydrogens (tertiary/aromatic N) is 1. The van der Waals surface area contributed by atoms with Gasteiger partial charge in [0.1, 0.15) is 5.60 Å². The minimum absolute atomic E-state index is 0.237. The van der Waals surface area contributed by atoms with Crippen LogP contribution in [0.2, 0.25) is 0 Å². The summed E-state index contributed by atoms with van der Waals surface area (Å²) in [4.78, 5) is 13.9. The van der Waals surface area contributed by atoms with Gasteiger partial charge < -0.3 is 9.64 Å². The van der Waals surface area contributed by atoms with Gasteiger partial charge in [0.25, 0.3) is 0 Å². The minimum atomic E-state index is -0.450. The topological polar surface area (TPSA) is 29.5 Å². The molecular formula is C20H23NO2. The summed E-state index contributed by atoms with van der Waals surface area (Å²) in [5, 5.41) is 0. The van der Waals surface area contributed by atoms with Crippen molar-refractivity contribution in [1.29, 1.82) is 0 Å². The number of hydrogen-bond donors (Lipinski definition) is 0. The SMILES string of the molecule is [CH2]c1ccc(C2=CCN(C(=O)OC(C)(C)C)CC2)cc1C1=C[CH]1. The Morgan fingerprint density at radius 1 is 1.30 bits per heavy atom. The summed E-state index contributed by atoms with van der Waals surface area (Å²) in [7, 11) is 0. The molecule has 1 aliphatic carbocycles. The van der Waals surface area contributed by atoms with Crippen LogP contribution in [0.5, 0.6) is 0 Å². The zero-order valence-corrected chi connectivity index (χ0v) is 14.1. The fraction of sp³-hybridized carbons (Fsp3) is 0.350. The van der Waals surface area contributed by atoms with Crippen LogP contribution in [0.15, 0.2) is 30.4 Å². The number of rotatable bonds is 2. The molecule has 3 rings (SSSR count). The van der Waals surface area contributed by atoms with Gasteiger partial charge in [-0.15, -0.1) is 0 Å². The predicted molar refractivity (Wildman–Crippen MR) is 93.6 cm³/mol. The van der Waals surface area contributed by atoms with E-state index in [1.165, 1.54) is 22.3 Å². The molecule has 2 aliphatic rings. The van der Waals surface area contributed by atoms with Crippen molar-refractivity contribution in [3.05, 3.63) is 60.4 Å². The van der Waals surface area contributed by atoms with Crippen molar-refractivity contribution in [2.45, 2.75) is 32.8 Å². The summed E-state index contributed by atoms with van der Waals surface area (Å²) in [6.45, 7) is 11.0. The summed E-state index contributed by atoms with van der Waals surface area (Å²) < 4.78 is 5.43. The Morgan fingerprint density at radius 3 is 2.61 bits per heavy atom. The first-order chi connectivity index (χ1) is 10.8. The molecule has 1 amide bonds. The van der Waals surface area contributed by atoms with E-state index in [1.807, 2.05) is 20.8 Å². The lowest BCUT2D eigenvalue weighted by Crippen LogP contribution is -2.39. The van der Waals surface area contributed by atoms with E-state index in [0.29, 0.717) is 13.1 Å². The van der Waals surface area contributed by atoms with Crippen molar-refractivity contribution >= 4 is 17.2 Å². The van der Waals surface area contributed by atoms with Crippen LogP contribution in [-0.4, -0.2) is 29.7 Å². The average molecular weight is 309 g/mol. The molecule has 0 saturated heterocycles. The van der Waals surface area contributed by atoms with Gasteiger partial charge in [-0.2, -0.15) is 0 Å². The van der Waals surface area contributed by atoms with Crippen molar-refractivity contribution in [2.24, 2.45) is 0 Å². The first-order valence-electron chi connectivity index (χ1n) is 8.02. The van der Waals surface area contributed by atoms with Crippen molar-refractivity contribution < 1.29 is 9.53 Å². The van der Waals surface area contributed by atoms with E-state index in [9.17, 15) is 4.79 Å². The molecule has 1 heterocycles. The lowest BCUT2D eigenvalue weighted by molar-refractivity contribution is 0.0270. The van der Waals surface area contributed by atoms with Crippen molar-refractivity contribution in [1.82, 2.24) is 4.90 Å². The lowest BCUT2D eigenvalue weighted by Gasteiger charge is -2.29. The molecule has 1 aromatic carbocycles. The molecule has 0 fully saturated rings. The highest BCUT2D eigenvalue weighted by molar-refractivity contribution is 5.90. The first kappa shape index (κ1) is 15.9. The molecule has 120 valence electrons. The van der Waals surface area contributed by atoms with E-state index in [1.54, 1.807) is 4.90 Å². The smallest absolute Gasteiger partial charge is 0.410 e. The molecular weight excluding hydrogens is 286 g/mol. The van der Waals surface area contributed by atoms with Gasteiger partial charge in [-0.05, 0) is 68.0 Å². The Hall–Kier alpha value is -2.03. The summed E-state index contributed by atoms with van der Waals surface area (Å²) in [6.07, 6.45) is 6.94. The highest BCUT2D eigenvalue weighted by Crippen LogP contribution is 2.34. The zero-order chi connectivity index (χ0) is 16.6. The number of allylic oxidation sites excluding steroid dienone is 2. The van der Waals surface area contributed by atoms with Gasteiger partial charge in [0, 0.05) is 19.5 Å². The van der Waals surface area contributed by atoms with Crippen molar-refractivity contribution in [3.63, 3.8) is 0 Å². The highest BCUT2D eigenvalue weighted by Gasteiger charge is 2.24. The van der Waals surface area contributed by atoms with Gasteiger partial charge in [-0.1, -0.05) is 24.3 Å². The van der Waals surface area contributed by atoms with Crippen LogP contribution in [-0.2, 0) is 4.74 Å². The standard InChI is InChI=1S/C20H23NO2/c1-14-5-6-17(13-18(14)16-7-8-16)15-9-11-21(12-10-15)19(22)23-20(2,3)4/h5-9,13H,1,10-12H2,2-4H3. The monoisotopic (exact) mass is 309 g/mol. The normalized spacial score (nSPS) is 17.5. The van der Waals surface area contributed by atoms with E-state index in [0.717, 1.165) is 12.0 Å². The quantitative estimate of drug-likeness (QED) is 0.805. The molecule has 0 saturated carbocycles. The van der Waals surface area contributed by atoms with Gasteiger partial charge in [0.2, 0.25) is 0 Å². The Kier molecular flexibility index (Phi) is 4.05. The Bertz CT molecular complexity index is 692. The van der Waals surface area contributed by atoms with Gasteiger partial charge in [-0.3, -0.25) is 0 Å². The second kappa shape index (κ2) is 5.88. The van der Waals surface area contributed by atoms with E-state index < -0.39 is 5.60 Å². The van der Waals surface area contributed by atoms with Crippen molar-refractivity contribution in [3.8, 4) is 0 Å². The van der Waals surface area contributed by atoms with E-state index >= 15 is 0 Å². The lowest BCUT2D eigenvalue weighted by atomic mass is 9.95. The van der Waals surface area contributed by atoms with Gasteiger partial charge in [-0.25, -0.2) is 4.79 Å². The zero-order valence-electron chi connectivity index (χ0n) is 14.1. The molecule has 0 atom stereocenters. The molecule has 0 aromatic heterocycles. The Balaban J connectivity index is 1.71. The van der Waals surface area contributed by atoms with E-state index in [-0.39, 0.29) is 6.09 Å². The van der Waals surface area contributed by atoms with Crippen LogP contribution in [0.3, 0.4) is 0 Å². The van der Waals surface area contributed by atoms with Crippen molar-refractivity contribution in [2.75, 3.05) is 13.1 Å². The number of benzene rings is 1. The van der Waals surface area contributed by atoms with Gasteiger partial charge in [0.05, 0.1) is 0 Å². The molecule has 23 heavy (non-hydrogen) atoms. The third-order valence-corrected chi connectivity index (χ3v) is 3.99. The summed E-state index contributed by atoms with van der Waals surface area (Å²) in [5.74, 6) is 0. The highest BCUT2D eigenvalue weighted by atomic mass is 16.6. The van der Waals surface area contributed by atoms with Crippen LogP contribution < -0.4 is 0 Å². The van der Waals surface area contributed by atoms with Gasteiger partial charge >= 0.3 is 6.09 Å². The van der Waals surface area contributed by atoms with Crippen LogP contribution in [0.25, 0.3) is 11.1 Å². The second-order valence-electron chi connectivity index (χ2n) is 7.07. The fourth-order valence-corrected chi connectivity index (χ4v) is 2.69. The molecule has 2 radical (unpaired) electrons. The third kappa shape index (κ3) is 3.84. The number of amides is 1. The van der Waals surface area contributed by atoms with Crippen LogP contribution in [0, 0.1) is 13.3 Å². The molecule has 0 N–H and O–H groups in total. The molecule has 0 unspecified atom stereocenters. The summed E-state index contributed by atoms with van der Waals surface area (Å²) in [5.41, 5.74) is 5.58. The van der Waals surface area contributed by atoms with E-state index in [2.05, 4.69) is 43.7 Å². The third-order valence-electron chi connectivity index (χ3n) is 3.99. The van der Waals surface area contributed by atoms with Crippen LogP contribution in [0.1, 0.15) is 43.9 Å². The second-order valence-corrected chi connectivity index (χ2v) is 7.07. The first-order valence-corrected chi connectivity index (χ1v) is 8.02. The van der Waals surface area contributed by atoms with Crippen LogP contribution in [0.4, 0.5) is 4.79 Å². The Morgan fingerprint density at radius 2 is 2.04 bits per heavy atom. The molecule has 3 heteroatoms. The minimum Gasteiger partial charge on any atom is -0.444 e. The number of carbonyl (C=O) groups is 1. The molecule has 0 spiro atoms. The molecule has 1 aromatic rings.